The molecule has 1 amide bonds. The molecule has 1 atom stereocenters. The Kier molecular flexibility index (Phi) is 8.89. The van der Waals surface area contributed by atoms with E-state index in [1.54, 1.807) is 11.9 Å². The van der Waals surface area contributed by atoms with Gasteiger partial charge in [0.05, 0.1) is 6.61 Å². The van der Waals surface area contributed by atoms with Gasteiger partial charge in [-0.2, -0.15) is 0 Å². The van der Waals surface area contributed by atoms with Crippen molar-refractivity contribution in [2.24, 2.45) is 5.73 Å². The molecular weight excluding hydrogens is 302 g/mol. The lowest BCUT2D eigenvalue weighted by Gasteiger charge is -2.23. The van der Waals surface area contributed by atoms with Crippen LogP contribution in [-0.2, 0) is 4.79 Å². The van der Waals surface area contributed by atoms with Crippen LogP contribution in [0.2, 0.25) is 0 Å². The molecule has 2 N–H and O–H groups in total. The number of nitrogens with two attached hydrogens (primary N) is 1. The van der Waals surface area contributed by atoms with Gasteiger partial charge in [0, 0.05) is 32.1 Å². The third-order valence-corrected chi connectivity index (χ3v) is 3.08. The zero-order valence-electron chi connectivity index (χ0n) is 12.1. The molecule has 0 saturated heterocycles. The summed E-state index contributed by atoms with van der Waals surface area (Å²) in [6, 6.07) is 3.10. The summed E-state index contributed by atoms with van der Waals surface area (Å²) in [5.41, 5.74) is 5.48. The fourth-order valence-electron chi connectivity index (χ4n) is 1.58. The van der Waals surface area contributed by atoms with Crippen LogP contribution in [0.1, 0.15) is 19.8 Å². The Morgan fingerprint density at radius 2 is 2.10 bits per heavy atom. The van der Waals surface area contributed by atoms with Crippen LogP contribution < -0.4 is 10.5 Å². The number of benzene rings is 1. The van der Waals surface area contributed by atoms with Crippen LogP contribution >= 0.6 is 12.4 Å². The van der Waals surface area contributed by atoms with E-state index in [2.05, 4.69) is 0 Å². The Labute approximate surface area is 129 Å². The monoisotopic (exact) mass is 322 g/mol. The SMILES string of the molecule is CC(CN)N(C)C(=O)CCCOc1ccc(F)cc1F.Cl. The second kappa shape index (κ2) is 9.52. The van der Waals surface area contributed by atoms with E-state index in [1.807, 2.05) is 6.92 Å². The highest BCUT2D eigenvalue weighted by Gasteiger charge is 2.13. The van der Waals surface area contributed by atoms with Crippen molar-refractivity contribution in [3.63, 3.8) is 0 Å². The molecule has 1 unspecified atom stereocenters. The minimum absolute atomic E-state index is 0. The lowest BCUT2D eigenvalue weighted by Crippen LogP contribution is -2.39. The second-order valence-electron chi connectivity index (χ2n) is 4.62. The van der Waals surface area contributed by atoms with Crippen LogP contribution in [0.4, 0.5) is 8.78 Å². The van der Waals surface area contributed by atoms with Crippen LogP contribution in [0.25, 0.3) is 0 Å². The molecule has 1 rings (SSSR count). The molecule has 1 aromatic carbocycles. The van der Waals surface area contributed by atoms with E-state index >= 15 is 0 Å². The number of halogens is 3. The molecular formula is C14H21ClF2N2O2. The molecule has 0 aliphatic rings. The number of ether oxygens (including phenoxy) is 1. The Morgan fingerprint density at radius 1 is 1.43 bits per heavy atom. The second-order valence-corrected chi connectivity index (χ2v) is 4.62. The minimum Gasteiger partial charge on any atom is -0.491 e. The van der Waals surface area contributed by atoms with Gasteiger partial charge in [0.15, 0.2) is 11.6 Å². The van der Waals surface area contributed by atoms with Gasteiger partial charge in [-0.15, -0.1) is 12.4 Å². The van der Waals surface area contributed by atoms with Crippen molar-refractivity contribution >= 4 is 18.3 Å². The topological polar surface area (TPSA) is 55.6 Å². The van der Waals surface area contributed by atoms with Crippen molar-refractivity contribution < 1.29 is 18.3 Å². The minimum atomic E-state index is -0.745. The number of hydrogen-bond acceptors (Lipinski definition) is 3. The lowest BCUT2D eigenvalue weighted by molar-refractivity contribution is -0.131. The first kappa shape index (κ1) is 19.6. The Morgan fingerprint density at radius 3 is 2.67 bits per heavy atom. The zero-order valence-corrected chi connectivity index (χ0v) is 13.0. The van der Waals surface area contributed by atoms with E-state index < -0.39 is 11.6 Å². The fourth-order valence-corrected chi connectivity index (χ4v) is 1.58. The van der Waals surface area contributed by atoms with Gasteiger partial charge < -0.3 is 15.4 Å². The van der Waals surface area contributed by atoms with Crippen molar-refractivity contribution in [3.8, 4) is 5.75 Å². The molecule has 0 aliphatic heterocycles. The highest BCUT2D eigenvalue weighted by Crippen LogP contribution is 2.17. The van der Waals surface area contributed by atoms with Crippen molar-refractivity contribution in [1.82, 2.24) is 4.90 Å². The maximum Gasteiger partial charge on any atom is 0.222 e. The maximum atomic E-state index is 13.3. The van der Waals surface area contributed by atoms with Crippen LogP contribution in [0.15, 0.2) is 18.2 Å². The molecule has 1 aromatic rings. The molecule has 0 bridgehead atoms. The quantitative estimate of drug-likeness (QED) is 0.784. The summed E-state index contributed by atoms with van der Waals surface area (Å²) in [4.78, 5) is 13.3. The van der Waals surface area contributed by atoms with Crippen LogP contribution in [-0.4, -0.2) is 37.0 Å². The number of hydrogen-bond donors (Lipinski definition) is 1. The molecule has 0 aromatic heterocycles. The van der Waals surface area contributed by atoms with Gasteiger partial charge in [-0.3, -0.25) is 4.79 Å². The van der Waals surface area contributed by atoms with Gasteiger partial charge in [-0.1, -0.05) is 0 Å². The Hall–Kier alpha value is -1.40. The van der Waals surface area contributed by atoms with Crippen molar-refractivity contribution in [2.45, 2.75) is 25.8 Å². The molecule has 0 heterocycles. The predicted molar refractivity (Wildman–Crippen MR) is 79.6 cm³/mol. The first-order valence-corrected chi connectivity index (χ1v) is 6.49. The molecule has 0 spiro atoms. The van der Waals surface area contributed by atoms with Gasteiger partial charge >= 0.3 is 0 Å². The number of likely N-dealkylation sites (N-methyl/N-ethyl adjacent to an activating group) is 1. The molecule has 120 valence electrons. The number of carbonyl (C=O) groups excluding carboxylic acids is 1. The summed E-state index contributed by atoms with van der Waals surface area (Å²) in [5, 5.41) is 0. The van der Waals surface area contributed by atoms with E-state index in [0.717, 1.165) is 12.1 Å². The van der Waals surface area contributed by atoms with Gasteiger partial charge in [-0.05, 0) is 25.5 Å². The van der Waals surface area contributed by atoms with Crippen molar-refractivity contribution in [3.05, 3.63) is 29.8 Å². The Bertz CT molecular complexity index is 461. The van der Waals surface area contributed by atoms with Crippen LogP contribution in [0, 0.1) is 11.6 Å². The van der Waals surface area contributed by atoms with E-state index in [0.29, 0.717) is 19.4 Å². The van der Waals surface area contributed by atoms with Gasteiger partial charge in [0.2, 0.25) is 5.91 Å². The summed E-state index contributed by atoms with van der Waals surface area (Å²) in [6.07, 6.45) is 0.751. The number of amides is 1. The van der Waals surface area contributed by atoms with Crippen LogP contribution in [0.3, 0.4) is 0 Å². The lowest BCUT2D eigenvalue weighted by atomic mass is 10.2. The van der Waals surface area contributed by atoms with E-state index in [1.165, 1.54) is 6.07 Å². The van der Waals surface area contributed by atoms with Gasteiger partial charge in [0.1, 0.15) is 5.82 Å². The highest BCUT2D eigenvalue weighted by atomic mass is 35.5. The van der Waals surface area contributed by atoms with Crippen molar-refractivity contribution in [2.75, 3.05) is 20.2 Å². The van der Waals surface area contributed by atoms with E-state index in [9.17, 15) is 13.6 Å². The predicted octanol–water partition coefficient (Wildman–Crippen LogP) is 2.35. The van der Waals surface area contributed by atoms with E-state index in [4.69, 9.17) is 10.5 Å². The molecule has 21 heavy (non-hydrogen) atoms. The normalized spacial score (nSPS) is 11.5. The largest absolute Gasteiger partial charge is 0.491 e. The van der Waals surface area contributed by atoms with Crippen LogP contribution in [0.5, 0.6) is 5.75 Å². The van der Waals surface area contributed by atoms with Crippen molar-refractivity contribution in [1.29, 1.82) is 0 Å². The molecule has 4 nitrogen and oxygen atoms in total. The summed E-state index contributed by atoms with van der Waals surface area (Å²) >= 11 is 0. The van der Waals surface area contributed by atoms with E-state index in [-0.39, 0.29) is 36.7 Å². The standard InChI is InChI=1S/C14H20F2N2O2.ClH/c1-10(9-17)18(2)14(19)4-3-7-20-13-6-5-11(15)8-12(13)16;/h5-6,8,10H,3-4,7,9,17H2,1-2H3;1H. The highest BCUT2D eigenvalue weighted by molar-refractivity contribution is 5.85. The number of rotatable bonds is 7. The maximum absolute atomic E-state index is 13.3. The Balaban J connectivity index is 0.00000400. The smallest absolute Gasteiger partial charge is 0.222 e. The van der Waals surface area contributed by atoms with Gasteiger partial charge in [-0.25, -0.2) is 8.78 Å². The average Bonchev–Trinajstić information content (AvgIpc) is 2.43. The molecule has 0 radical (unpaired) electrons. The first-order chi connectivity index (χ1) is 9.45. The summed E-state index contributed by atoms with van der Waals surface area (Å²) in [7, 11) is 1.69. The molecule has 0 fully saturated rings. The summed E-state index contributed by atoms with van der Waals surface area (Å²) in [5.74, 6) is -1.44. The molecule has 0 saturated carbocycles. The third-order valence-electron chi connectivity index (χ3n) is 3.08. The third kappa shape index (κ3) is 6.27. The molecule has 7 heteroatoms. The molecule has 0 aliphatic carbocycles. The number of carbonyl (C=O) groups is 1. The summed E-state index contributed by atoms with van der Waals surface area (Å²) < 4.78 is 31.1. The first-order valence-electron chi connectivity index (χ1n) is 6.49. The van der Waals surface area contributed by atoms with Gasteiger partial charge in [0.25, 0.3) is 0 Å². The summed E-state index contributed by atoms with van der Waals surface area (Å²) in [6.45, 7) is 2.46. The fraction of sp³-hybridized carbons (Fsp3) is 0.500. The average molecular weight is 323 g/mol. The number of nitrogens with zero attached hydrogens (tertiary/aromatic N) is 1. The zero-order chi connectivity index (χ0) is 15.1.